The zero-order valence-electron chi connectivity index (χ0n) is 10.1. The third-order valence-corrected chi connectivity index (χ3v) is 3.23. The first-order valence-electron chi connectivity index (χ1n) is 5.45. The number of aromatic nitrogens is 2. The molecule has 0 unspecified atom stereocenters. The fraction of sp³-hybridized carbons (Fsp3) is 0.231. The fourth-order valence-corrected chi connectivity index (χ4v) is 2.04. The van der Waals surface area contributed by atoms with E-state index in [0.717, 1.165) is 0 Å². The summed E-state index contributed by atoms with van der Waals surface area (Å²) in [5.41, 5.74) is 1.75. The van der Waals surface area contributed by atoms with Gasteiger partial charge in [-0.25, -0.2) is 4.39 Å². The molecule has 0 aliphatic heterocycles. The summed E-state index contributed by atoms with van der Waals surface area (Å²) in [4.78, 5) is 12.0. The van der Waals surface area contributed by atoms with Gasteiger partial charge in [0.2, 0.25) is 0 Å². The molecule has 18 heavy (non-hydrogen) atoms. The second kappa shape index (κ2) is 4.90. The first-order chi connectivity index (χ1) is 8.49. The Morgan fingerprint density at radius 3 is 2.78 bits per heavy atom. The zero-order valence-corrected chi connectivity index (χ0v) is 10.8. The van der Waals surface area contributed by atoms with Gasteiger partial charge in [-0.3, -0.25) is 9.48 Å². The molecule has 1 heterocycles. The lowest BCUT2D eigenvalue weighted by atomic mass is 10.0. The van der Waals surface area contributed by atoms with Gasteiger partial charge in [-0.2, -0.15) is 5.10 Å². The van der Waals surface area contributed by atoms with Crippen molar-refractivity contribution in [2.45, 2.75) is 13.3 Å². The molecule has 1 aromatic heterocycles. The van der Waals surface area contributed by atoms with Crippen molar-refractivity contribution < 1.29 is 9.18 Å². The monoisotopic (exact) mass is 266 g/mol. The molecule has 0 saturated carbocycles. The highest BCUT2D eigenvalue weighted by atomic mass is 35.5. The second-order valence-corrected chi connectivity index (χ2v) is 4.45. The predicted molar refractivity (Wildman–Crippen MR) is 67.4 cm³/mol. The zero-order chi connectivity index (χ0) is 13.3. The van der Waals surface area contributed by atoms with Crippen molar-refractivity contribution in [3.05, 3.63) is 52.1 Å². The van der Waals surface area contributed by atoms with Crippen molar-refractivity contribution in [1.29, 1.82) is 0 Å². The van der Waals surface area contributed by atoms with Gasteiger partial charge in [0.15, 0.2) is 5.78 Å². The van der Waals surface area contributed by atoms with E-state index in [1.54, 1.807) is 20.0 Å². The SMILES string of the molecule is Cc1nn(C)c(Cl)c1CC(=O)c1cccc(F)c1. The van der Waals surface area contributed by atoms with E-state index in [0.29, 0.717) is 22.0 Å². The Bertz CT molecular complexity index is 607. The quantitative estimate of drug-likeness (QED) is 0.801. The largest absolute Gasteiger partial charge is 0.294 e. The predicted octanol–water partition coefficient (Wildman–Crippen LogP) is 2.95. The van der Waals surface area contributed by atoms with Crippen LogP contribution in [0.5, 0.6) is 0 Å². The van der Waals surface area contributed by atoms with Crippen LogP contribution in [0.3, 0.4) is 0 Å². The number of benzene rings is 1. The highest BCUT2D eigenvalue weighted by Crippen LogP contribution is 2.20. The van der Waals surface area contributed by atoms with Gasteiger partial charge in [0.25, 0.3) is 0 Å². The molecule has 94 valence electrons. The number of carbonyl (C=O) groups is 1. The van der Waals surface area contributed by atoms with Gasteiger partial charge in [-0.05, 0) is 19.1 Å². The number of hydrogen-bond donors (Lipinski definition) is 0. The van der Waals surface area contributed by atoms with Crippen molar-refractivity contribution in [3.8, 4) is 0 Å². The molecule has 0 amide bonds. The number of nitrogens with zero attached hydrogens (tertiary/aromatic N) is 2. The smallest absolute Gasteiger partial charge is 0.167 e. The third kappa shape index (κ3) is 2.43. The molecule has 2 aromatic rings. The molecule has 0 bridgehead atoms. The van der Waals surface area contributed by atoms with E-state index in [9.17, 15) is 9.18 Å². The molecule has 0 radical (unpaired) electrons. The number of rotatable bonds is 3. The van der Waals surface area contributed by atoms with Gasteiger partial charge in [0.05, 0.1) is 5.69 Å². The van der Waals surface area contributed by atoms with Gasteiger partial charge >= 0.3 is 0 Å². The minimum atomic E-state index is -0.421. The van der Waals surface area contributed by atoms with Gasteiger partial charge in [-0.1, -0.05) is 23.7 Å². The van der Waals surface area contributed by atoms with E-state index in [2.05, 4.69) is 5.10 Å². The van der Waals surface area contributed by atoms with Crippen LogP contribution in [0.25, 0.3) is 0 Å². The topological polar surface area (TPSA) is 34.9 Å². The number of ketones is 1. The summed E-state index contributed by atoms with van der Waals surface area (Å²) in [7, 11) is 1.71. The van der Waals surface area contributed by atoms with Gasteiger partial charge in [0, 0.05) is 24.6 Å². The Kier molecular flexibility index (Phi) is 3.48. The van der Waals surface area contributed by atoms with Crippen LogP contribution < -0.4 is 0 Å². The van der Waals surface area contributed by atoms with Crippen molar-refractivity contribution in [2.75, 3.05) is 0 Å². The van der Waals surface area contributed by atoms with E-state index in [1.165, 1.54) is 22.9 Å². The second-order valence-electron chi connectivity index (χ2n) is 4.09. The van der Waals surface area contributed by atoms with Crippen LogP contribution in [0.1, 0.15) is 21.6 Å². The Balaban J connectivity index is 2.27. The molecule has 0 atom stereocenters. The lowest BCUT2D eigenvalue weighted by molar-refractivity contribution is 0.0992. The summed E-state index contributed by atoms with van der Waals surface area (Å²) in [6, 6.07) is 5.63. The van der Waals surface area contributed by atoms with Crippen LogP contribution >= 0.6 is 11.6 Å². The number of hydrogen-bond acceptors (Lipinski definition) is 2. The van der Waals surface area contributed by atoms with Gasteiger partial charge in [0.1, 0.15) is 11.0 Å². The van der Waals surface area contributed by atoms with E-state index < -0.39 is 5.82 Å². The van der Waals surface area contributed by atoms with Gasteiger partial charge < -0.3 is 0 Å². The molecule has 5 heteroatoms. The minimum absolute atomic E-state index is 0.127. The van der Waals surface area contributed by atoms with Crippen molar-refractivity contribution in [1.82, 2.24) is 9.78 Å². The maximum atomic E-state index is 13.0. The van der Waals surface area contributed by atoms with Crippen molar-refractivity contribution in [2.24, 2.45) is 7.05 Å². The van der Waals surface area contributed by atoms with E-state index >= 15 is 0 Å². The number of carbonyl (C=O) groups excluding carboxylic acids is 1. The maximum absolute atomic E-state index is 13.0. The van der Waals surface area contributed by atoms with Crippen LogP contribution in [-0.2, 0) is 13.5 Å². The Labute approximate surface area is 109 Å². The fourth-order valence-electron chi connectivity index (χ4n) is 1.80. The molecule has 2 rings (SSSR count). The average molecular weight is 267 g/mol. The highest BCUT2D eigenvalue weighted by molar-refractivity contribution is 6.30. The molecular formula is C13H12ClFN2O. The first kappa shape index (κ1) is 12.8. The van der Waals surface area contributed by atoms with Gasteiger partial charge in [-0.15, -0.1) is 0 Å². The molecule has 0 aliphatic carbocycles. The van der Waals surface area contributed by atoms with Crippen LogP contribution in [0.15, 0.2) is 24.3 Å². The molecule has 1 aromatic carbocycles. The number of Topliss-reactive ketones (excluding diaryl/α,β-unsaturated/α-hetero) is 1. The molecule has 0 aliphatic rings. The molecule has 0 spiro atoms. The lowest BCUT2D eigenvalue weighted by Crippen LogP contribution is -2.05. The summed E-state index contributed by atoms with van der Waals surface area (Å²) >= 11 is 6.05. The van der Waals surface area contributed by atoms with Crippen LogP contribution in [0.4, 0.5) is 4.39 Å². The normalized spacial score (nSPS) is 10.7. The van der Waals surface area contributed by atoms with E-state index in [4.69, 9.17) is 11.6 Å². The van der Waals surface area contributed by atoms with Crippen LogP contribution in [0, 0.1) is 12.7 Å². The Morgan fingerprint density at radius 2 is 2.22 bits per heavy atom. The maximum Gasteiger partial charge on any atom is 0.167 e. The van der Waals surface area contributed by atoms with Crippen molar-refractivity contribution >= 4 is 17.4 Å². The molecule has 0 saturated heterocycles. The van der Waals surface area contributed by atoms with Crippen molar-refractivity contribution in [3.63, 3.8) is 0 Å². The average Bonchev–Trinajstić information content (AvgIpc) is 2.56. The highest BCUT2D eigenvalue weighted by Gasteiger charge is 2.16. The summed E-state index contributed by atoms with van der Waals surface area (Å²) in [6.07, 6.45) is 0.127. The summed E-state index contributed by atoms with van der Waals surface area (Å²) in [6.45, 7) is 1.79. The van der Waals surface area contributed by atoms with E-state index in [1.807, 2.05) is 0 Å². The van der Waals surface area contributed by atoms with Crippen LogP contribution in [0.2, 0.25) is 5.15 Å². The Hall–Kier alpha value is -1.68. The van der Waals surface area contributed by atoms with E-state index in [-0.39, 0.29) is 12.2 Å². The lowest BCUT2D eigenvalue weighted by Gasteiger charge is -2.01. The third-order valence-electron chi connectivity index (χ3n) is 2.75. The summed E-state index contributed by atoms with van der Waals surface area (Å²) in [5, 5.41) is 4.58. The number of aryl methyl sites for hydroxylation is 2. The summed E-state index contributed by atoms with van der Waals surface area (Å²) in [5.74, 6) is -0.595. The first-order valence-corrected chi connectivity index (χ1v) is 5.83. The molecule has 3 nitrogen and oxygen atoms in total. The summed E-state index contributed by atoms with van der Waals surface area (Å²) < 4.78 is 14.6. The standard InChI is InChI=1S/C13H12ClFN2O/c1-8-11(13(14)17(2)16-8)7-12(18)9-4-3-5-10(15)6-9/h3-6H,7H2,1-2H3. The minimum Gasteiger partial charge on any atom is -0.294 e. The molecule has 0 fully saturated rings. The Morgan fingerprint density at radius 1 is 1.50 bits per heavy atom. The molecule has 0 N–H and O–H groups in total. The molecular weight excluding hydrogens is 255 g/mol. The van der Waals surface area contributed by atoms with Crippen LogP contribution in [-0.4, -0.2) is 15.6 Å². The number of halogens is 2.